The van der Waals surface area contributed by atoms with Gasteiger partial charge in [-0.05, 0) is 92.3 Å². The number of carbonyl (C=O) groups excluding carboxylic acids is 1. The lowest BCUT2D eigenvalue weighted by molar-refractivity contribution is -0.158. The molecule has 4 atom stereocenters. The van der Waals surface area contributed by atoms with Gasteiger partial charge in [-0.2, -0.15) is 0 Å². The van der Waals surface area contributed by atoms with Crippen molar-refractivity contribution in [2.75, 3.05) is 26.3 Å². The number of carbonyl (C=O) groups is 1. The molecule has 3 aromatic rings. The fourth-order valence-electron chi connectivity index (χ4n) is 5.97. The van der Waals surface area contributed by atoms with Crippen LogP contribution >= 0.6 is 23.2 Å². The fourth-order valence-corrected chi connectivity index (χ4v) is 6.49. The minimum Gasteiger partial charge on any atom is -0.490 e. The van der Waals surface area contributed by atoms with Gasteiger partial charge in [0.25, 0.3) is 5.91 Å². The molecule has 0 radical (unpaired) electrons. The van der Waals surface area contributed by atoms with Gasteiger partial charge in [0.15, 0.2) is 6.10 Å². The third-order valence-corrected chi connectivity index (χ3v) is 9.96. The first-order valence-corrected chi connectivity index (χ1v) is 17.9. The van der Waals surface area contributed by atoms with Crippen LogP contribution in [0.4, 0.5) is 0 Å². The maximum atomic E-state index is 12.9. The van der Waals surface area contributed by atoms with Crippen LogP contribution in [0.2, 0.25) is 10.0 Å². The molecule has 6 N–H and O–H groups in total. The van der Waals surface area contributed by atoms with Crippen LogP contribution < -0.4 is 4.74 Å². The Morgan fingerprint density at radius 3 is 2.32 bits per heavy atom. The predicted octanol–water partition coefficient (Wildman–Crippen LogP) is 3.77. The first kappa shape index (κ1) is 38.4. The summed E-state index contributed by atoms with van der Waals surface area (Å²) in [6.45, 7) is -0.470. The van der Waals surface area contributed by atoms with Crippen LogP contribution in [0.25, 0.3) is 11.1 Å². The van der Waals surface area contributed by atoms with Gasteiger partial charge < -0.3 is 45.0 Å². The molecule has 272 valence electrons. The number of aliphatic hydroxyl groups is 6. The Hall–Kier alpha value is -2.84. The van der Waals surface area contributed by atoms with E-state index in [2.05, 4.69) is 11.1 Å². The van der Waals surface area contributed by atoms with Crippen LogP contribution in [0, 0.1) is 0 Å². The Kier molecular flexibility index (Phi) is 13.5. The summed E-state index contributed by atoms with van der Waals surface area (Å²) in [7, 11) is 0. The molecular weight excluding hydrogens is 687 g/mol. The summed E-state index contributed by atoms with van der Waals surface area (Å²) in [5.74, 6) is 0.00236. The van der Waals surface area contributed by atoms with Crippen molar-refractivity contribution >= 4 is 29.1 Å². The fraction of sp³-hybridized carbons (Fsp3) is 0.514. The first-order valence-electron chi connectivity index (χ1n) is 17.1. The summed E-state index contributed by atoms with van der Waals surface area (Å²) < 4.78 is 12.8. The van der Waals surface area contributed by atoms with Crippen molar-refractivity contribution in [3.05, 3.63) is 81.6 Å². The topological polar surface area (TPSA) is 173 Å². The molecule has 2 aliphatic rings. The van der Waals surface area contributed by atoms with Crippen molar-refractivity contribution in [1.82, 2.24) is 9.88 Å². The summed E-state index contributed by atoms with van der Waals surface area (Å²) in [5, 5.41) is 59.4. The lowest BCUT2D eigenvalue weighted by Gasteiger charge is -2.30. The average molecular weight is 734 g/mol. The predicted molar refractivity (Wildman–Crippen MR) is 188 cm³/mol. The number of hydrogen-bond acceptors (Lipinski definition) is 10. The van der Waals surface area contributed by atoms with Crippen LogP contribution in [0.3, 0.4) is 0 Å². The third kappa shape index (κ3) is 9.52. The zero-order valence-corrected chi connectivity index (χ0v) is 29.3. The molecule has 2 aliphatic carbocycles. The molecule has 1 heterocycles. The smallest absolute Gasteiger partial charge is 0.254 e. The molecule has 0 saturated heterocycles. The van der Waals surface area contributed by atoms with Gasteiger partial charge in [-0.3, -0.25) is 9.78 Å². The van der Waals surface area contributed by atoms with Gasteiger partial charge in [0.05, 0.1) is 24.9 Å². The number of amides is 1. The van der Waals surface area contributed by atoms with Crippen molar-refractivity contribution in [1.29, 1.82) is 0 Å². The van der Waals surface area contributed by atoms with Gasteiger partial charge in [0.1, 0.15) is 24.1 Å². The van der Waals surface area contributed by atoms with Crippen LogP contribution in [0.1, 0.15) is 61.6 Å². The largest absolute Gasteiger partial charge is 0.490 e. The maximum Gasteiger partial charge on any atom is 0.254 e. The van der Waals surface area contributed by atoms with Crippen molar-refractivity contribution < 1.29 is 44.9 Å². The molecule has 2 saturated carbocycles. The summed E-state index contributed by atoms with van der Waals surface area (Å²) in [6.07, 6.45) is 2.01. The number of aromatic nitrogens is 1. The third-order valence-electron chi connectivity index (χ3n) is 9.26. The number of aryl methyl sites for hydroxylation is 1. The average Bonchev–Trinajstić information content (AvgIpc) is 4.08. The van der Waals surface area contributed by atoms with Crippen LogP contribution in [0.5, 0.6) is 5.75 Å². The number of hydrogen-bond donors (Lipinski definition) is 6. The van der Waals surface area contributed by atoms with Crippen molar-refractivity contribution in [3.8, 4) is 16.9 Å². The molecule has 4 unspecified atom stereocenters. The zero-order chi connectivity index (χ0) is 35.8. The highest BCUT2D eigenvalue weighted by molar-refractivity contribution is 6.34. The van der Waals surface area contributed by atoms with Crippen LogP contribution in [-0.2, 0) is 28.2 Å². The standard InChI is InChI=1S/C37H46Cl2N2O9/c38-29-19-24(22-49-37(12-13-37)28-20-40-14-11-26(28)27-7-1-2-8-32(27)50-25-9-10-25)30(39)18-23(29)6-3-4-15-41(16-5-17-42)36(48)35(47)34(46)33(45)31(44)21-43/h1-2,7-8,11,14,18-20,25,31,33-35,42-47H,3-6,9-10,12-13,15-17,21-22H2. The van der Waals surface area contributed by atoms with E-state index in [1.165, 1.54) is 4.90 Å². The first-order chi connectivity index (χ1) is 24.1. The van der Waals surface area contributed by atoms with Crippen LogP contribution in [0.15, 0.2) is 54.9 Å². The van der Waals surface area contributed by atoms with Gasteiger partial charge in [0, 0.05) is 53.3 Å². The van der Waals surface area contributed by atoms with E-state index in [1.54, 1.807) is 6.20 Å². The molecule has 0 spiro atoms. The molecule has 11 nitrogen and oxygen atoms in total. The van der Waals surface area contributed by atoms with E-state index in [-0.39, 0.29) is 38.8 Å². The Bertz CT molecular complexity index is 1590. The second-order valence-electron chi connectivity index (χ2n) is 13.1. The number of rotatable bonds is 20. The number of benzene rings is 2. The Labute approximate surface area is 302 Å². The van der Waals surface area contributed by atoms with E-state index >= 15 is 0 Å². The summed E-state index contributed by atoms with van der Waals surface area (Å²) in [4.78, 5) is 18.6. The highest BCUT2D eigenvalue weighted by Gasteiger charge is 2.48. The number of unbranched alkanes of at least 4 members (excludes halogenated alkanes) is 1. The summed E-state index contributed by atoms with van der Waals surface area (Å²) >= 11 is 13.4. The zero-order valence-electron chi connectivity index (χ0n) is 27.8. The molecule has 2 aromatic carbocycles. The molecule has 0 aliphatic heterocycles. The van der Waals surface area contributed by atoms with Crippen molar-refractivity contribution in [3.63, 3.8) is 0 Å². The number of nitrogens with zero attached hydrogens (tertiary/aromatic N) is 2. The van der Waals surface area contributed by atoms with E-state index < -0.39 is 42.5 Å². The lowest BCUT2D eigenvalue weighted by atomic mass is 9.96. The Morgan fingerprint density at radius 2 is 1.62 bits per heavy atom. The highest BCUT2D eigenvalue weighted by atomic mass is 35.5. The molecule has 1 amide bonds. The van der Waals surface area contributed by atoms with Crippen LogP contribution in [-0.4, -0.2) is 103 Å². The normalized spacial score (nSPS) is 17.5. The number of halogens is 2. The Balaban J connectivity index is 1.18. The molecule has 13 heteroatoms. The monoisotopic (exact) mass is 732 g/mol. The maximum absolute atomic E-state index is 12.9. The van der Waals surface area contributed by atoms with Crippen molar-refractivity contribution in [2.45, 2.75) is 94.1 Å². The van der Waals surface area contributed by atoms with E-state index in [0.717, 1.165) is 59.3 Å². The van der Waals surface area contributed by atoms with Gasteiger partial charge in [-0.1, -0.05) is 41.4 Å². The van der Waals surface area contributed by atoms with E-state index in [1.807, 2.05) is 42.6 Å². The molecular formula is C37H46Cl2N2O9. The Morgan fingerprint density at radius 1 is 0.920 bits per heavy atom. The molecule has 0 bridgehead atoms. The minimum atomic E-state index is -2.02. The second kappa shape index (κ2) is 17.6. The molecule has 2 fully saturated rings. The van der Waals surface area contributed by atoms with Gasteiger partial charge >= 0.3 is 0 Å². The number of aliphatic hydroxyl groups excluding tert-OH is 6. The number of ether oxygens (including phenoxy) is 2. The summed E-state index contributed by atoms with van der Waals surface area (Å²) in [6, 6.07) is 13.7. The lowest BCUT2D eigenvalue weighted by Crippen LogP contribution is -2.53. The SMILES string of the molecule is O=C(C(O)C(O)C(O)C(O)CO)N(CCCO)CCCCc1cc(Cl)c(COC2(c3cnccc3-c3ccccc3OC3CC3)CC2)cc1Cl. The highest BCUT2D eigenvalue weighted by Crippen LogP contribution is 2.53. The molecule has 50 heavy (non-hydrogen) atoms. The molecule has 5 rings (SSSR count). The van der Waals surface area contributed by atoms with Gasteiger partial charge in [-0.15, -0.1) is 0 Å². The van der Waals surface area contributed by atoms with E-state index in [0.29, 0.717) is 29.3 Å². The second-order valence-corrected chi connectivity index (χ2v) is 13.9. The van der Waals surface area contributed by atoms with Gasteiger partial charge in [0.2, 0.25) is 0 Å². The van der Waals surface area contributed by atoms with Gasteiger partial charge in [-0.25, -0.2) is 0 Å². The van der Waals surface area contributed by atoms with E-state index in [9.17, 15) is 30.3 Å². The molecule has 1 aromatic heterocycles. The van der Waals surface area contributed by atoms with E-state index in [4.69, 9.17) is 37.8 Å². The number of pyridine rings is 1. The summed E-state index contributed by atoms with van der Waals surface area (Å²) in [5.41, 5.74) is 4.16. The van der Waals surface area contributed by atoms with Crippen molar-refractivity contribution in [2.24, 2.45) is 0 Å². The minimum absolute atomic E-state index is 0.113. The quantitative estimate of drug-likeness (QED) is 0.0940. The number of para-hydroxylation sites is 1.